The molecule has 28 heavy (non-hydrogen) atoms. The molecule has 2 unspecified atom stereocenters. The lowest BCUT2D eigenvalue weighted by Crippen LogP contribution is -2.60. The molecule has 5 fully saturated rings. The summed E-state index contributed by atoms with van der Waals surface area (Å²) in [6.45, 7) is 3.53. The average molecular weight is 381 g/mol. The van der Waals surface area contributed by atoms with Crippen LogP contribution in [0, 0.1) is 30.1 Å². The number of benzene rings is 1. The number of amides is 2. The molecule has 4 nitrogen and oxygen atoms in total. The zero-order valence-corrected chi connectivity index (χ0v) is 17.0. The summed E-state index contributed by atoms with van der Waals surface area (Å²) in [6, 6.07) is 9.10. The van der Waals surface area contributed by atoms with Gasteiger partial charge in [0.15, 0.2) is 0 Å². The van der Waals surface area contributed by atoms with Gasteiger partial charge in [0.05, 0.1) is 5.41 Å². The largest absolute Gasteiger partial charge is 0.369 e. The molecule has 5 aliphatic rings. The predicted molar refractivity (Wildman–Crippen MR) is 108 cm³/mol. The van der Waals surface area contributed by atoms with Gasteiger partial charge in [-0.15, -0.1) is 0 Å². The Morgan fingerprint density at radius 2 is 1.61 bits per heavy atom. The summed E-state index contributed by atoms with van der Waals surface area (Å²) in [6.07, 6.45) is 8.45. The van der Waals surface area contributed by atoms with Crippen LogP contribution in [0.15, 0.2) is 24.3 Å². The minimum atomic E-state index is -0.208. The van der Waals surface area contributed by atoms with Crippen LogP contribution in [0.25, 0.3) is 0 Å². The van der Waals surface area contributed by atoms with Crippen molar-refractivity contribution in [3.63, 3.8) is 0 Å². The number of nitrogens with two attached hydrogens (primary N) is 1. The van der Waals surface area contributed by atoms with Gasteiger partial charge < -0.3 is 10.6 Å². The fraction of sp³-hybridized carbons (Fsp3) is 0.667. The number of nitrogens with zero attached hydrogens (tertiary/aromatic N) is 1. The highest BCUT2D eigenvalue weighted by Gasteiger charge is 2.61. The van der Waals surface area contributed by atoms with Crippen molar-refractivity contribution in [2.24, 2.45) is 28.9 Å². The number of hydrogen-bond acceptors (Lipinski definition) is 2. The molecule has 6 rings (SSSR count). The van der Waals surface area contributed by atoms with Gasteiger partial charge in [0.25, 0.3) is 0 Å². The van der Waals surface area contributed by atoms with Gasteiger partial charge in [-0.1, -0.05) is 29.8 Å². The fourth-order valence-electron chi connectivity index (χ4n) is 7.46. The first-order chi connectivity index (χ1) is 13.4. The molecule has 4 aliphatic carbocycles. The number of carbonyl (C=O) groups is 2. The number of aryl methyl sites for hydroxylation is 1. The lowest BCUT2D eigenvalue weighted by molar-refractivity contribution is -0.162. The second-order valence-corrected chi connectivity index (χ2v) is 10.4. The van der Waals surface area contributed by atoms with E-state index < -0.39 is 0 Å². The zero-order chi connectivity index (χ0) is 19.5. The minimum Gasteiger partial charge on any atom is -0.369 e. The number of piperidine rings is 1. The molecule has 1 saturated heterocycles. The molecule has 1 aliphatic heterocycles. The third kappa shape index (κ3) is 2.79. The Kier molecular flexibility index (Phi) is 4.12. The Labute approximate surface area is 167 Å². The average Bonchev–Trinajstić information content (AvgIpc) is 2.67. The lowest BCUT2D eigenvalue weighted by Gasteiger charge is -2.62. The van der Waals surface area contributed by atoms with Crippen LogP contribution in [0.2, 0.25) is 0 Å². The summed E-state index contributed by atoms with van der Waals surface area (Å²) in [7, 11) is 0. The van der Waals surface area contributed by atoms with Gasteiger partial charge in [-0.25, -0.2) is 0 Å². The first-order valence-corrected chi connectivity index (χ1v) is 11.1. The number of primary amides is 1. The number of likely N-dealkylation sites (tertiary alicyclic amines) is 1. The monoisotopic (exact) mass is 380 g/mol. The molecule has 150 valence electrons. The van der Waals surface area contributed by atoms with Crippen molar-refractivity contribution >= 4 is 11.8 Å². The molecule has 1 aromatic rings. The Morgan fingerprint density at radius 1 is 1.00 bits per heavy atom. The molecule has 2 amide bonds. The molecule has 1 aromatic carbocycles. The van der Waals surface area contributed by atoms with Gasteiger partial charge in [0.2, 0.25) is 11.8 Å². The smallest absolute Gasteiger partial charge is 0.228 e. The molecule has 4 heteroatoms. The summed E-state index contributed by atoms with van der Waals surface area (Å²) >= 11 is 0. The van der Waals surface area contributed by atoms with Gasteiger partial charge in [-0.2, -0.15) is 0 Å². The maximum atomic E-state index is 13.8. The summed E-state index contributed by atoms with van der Waals surface area (Å²) < 4.78 is 0. The lowest BCUT2D eigenvalue weighted by atomic mass is 9.42. The number of rotatable bonds is 3. The van der Waals surface area contributed by atoms with Crippen LogP contribution in [0.1, 0.15) is 62.5 Å². The van der Waals surface area contributed by atoms with Crippen LogP contribution in [-0.4, -0.2) is 29.8 Å². The van der Waals surface area contributed by atoms with E-state index in [0.717, 1.165) is 32.1 Å². The molecule has 4 saturated carbocycles. The standard InChI is InChI=1S/C24H32N2O2/c1-16-2-4-20(5-3-16)23-11-17-10-18(12-23)14-24(13-17,15-23)22(28)26-8-6-19(7-9-26)21(25)27/h2-5,17-19H,6-15H2,1H3,(H2,25,27). The SMILES string of the molecule is Cc1ccc(C23CC4CC(CC(C(=O)N5CCC(C(N)=O)CC5)(C4)C2)C3)cc1. The Balaban J connectivity index is 1.41. The van der Waals surface area contributed by atoms with Crippen LogP contribution >= 0.6 is 0 Å². The van der Waals surface area contributed by atoms with Gasteiger partial charge in [0, 0.05) is 19.0 Å². The van der Waals surface area contributed by atoms with Crippen LogP contribution in [0.5, 0.6) is 0 Å². The van der Waals surface area contributed by atoms with E-state index in [1.54, 1.807) is 0 Å². The first-order valence-electron chi connectivity index (χ1n) is 11.1. The van der Waals surface area contributed by atoms with E-state index in [0.29, 0.717) is 30.8 Å². The quantitative estimate of drug-likeness (QED) is 0.871. The zero-order valence-electron chi connectivity index (χ0n) is 17.0. The molecular weight excluding hydrogens is 348 g/mol. The molecule has 2 N–H and O–H groups in total. The van der Waals surface area contributed by atoms with Crippen molar-refractivity contribution < 1.29 is 9.59 Å². The normalized spacial score (nSPS) is 37.2. The van der Waals surface area contributed by atoms with Crippen molar-refractivity contribution in [1.29, 1.82) is 0 Å². The second kappa shape index (κ2) is 6.33. The molecular formula is C24H32N2O2. The van der Waals surface area contributed by atoms with Crippen molar-refractivity contribution in [2.45, 2.75) is 63.7 Å². The summed E-state index contributed by atoms with van der Waals surface area (Å²) in [5.41, 5.74) is 8.26. The first kappa shape index (κ1) is 18.2. The van der Waals surface area contributed by atoms with Crippen LogP contribution in [-0.2, 0) is 15.0 Å². The molecule has 0 spiro atoms. The van der Waals surface area contributed by atoms with Gasteiger partial charge in [0.1, 0.15) is 0 Å². The van der Waals surface area contributed by atoms with Crippen molar-refractivity contribution in [3.05, 3.63) is 35.4 Å². The number of carbonyl (C=O) groups excluding carboxylic acids is 2. The van der Waals surface area contributed by atoms with Gasteiger partial charge >= 0.3 is 0 Å². The van der Waals surface area contributed by atoms with E-state index in [2.05, 4.69) is 36.1 Å². The van der Waals surface area contributed by atoms with E-state index in [1.165, 1.54) is 30.4 Å². The highest BCUT2D eigenvalue weighted by atomic mass is 16.2. The molecule has 0 radical (unpaired) electrons. The summed E-state index contributed by atoms with van der Waals surface area (Å²) in [5, 5.41) is 0. The Hall–Kier alpha value is -1.84. The molecule has 0 aromatic heterocycles. The highest BCUT2D eigenvalue weighted by Crippen LogP contribution is 2.66. The van der Waals surface area contributed by atoms with E-state index in [4.69, 9.17) is 5.73 Å². The van der Waals surface area contributed by atoms with E-state index in [9.17, 15) is 9.59 Å². The molecule has 1 heterocycles. The van der Waals surface area contributed by atoms with E-state index >= 15 is 0 Å². The van der Waals surface area contributed by atoms with Gasteiger partial charge in [-0.05, 0) is 81.1 Å². The van der Waals surface area contributed by atoms with E-state index in [1.807, 2.05) is 0 Å². The third-order valence-electron chi connectivity index (χ3n) is 8.36. The van der Waals surface area contributed by atoms with Gasteiger partial charge in [-0.3, -0.25) is 9.59 Å². The maximum absolute atomic E-state index is 13.8. The Bertz CT molecular complexity index is 777. The predicted octanol–water partition coefficient (Wildman–Crippen LogP) is 3.56. The fourth-order valence-corrected chi connectivity index (χ4v) is 7.46. The van der Waals surface area contributed by atoms with Crippen molar-refractivity contribution in [1.82, 2.24) is 4.90 Å². The van der Waals surface area contributed by atoms with Crippen LogP contribution < -0.4 is 5.73 Å². The van der Waals surface area contributed by atoms with Crippen LogP contribution in [0.4, 0.5) is 0 Å². The highest BCUT2D eigenvalue weighted by molar-refractivity contribution is 5.84. The third-order valence-corrected chi connectivity index (χ3v) is 8.36. The topological polar surface area (TPSA) is 63.4 Å². The summed E-state index contributed by atoms with van der Waals surface area (Å²) in [5.74, 6) is 1.49. The maximum Gasteiger partial charge on any atom is 0.228 e. The minimum absolute atomic E-state index is 0.0562. The van der Waals surface area contributed by atoms with Crippen LogP contribution in [0.3, 0.4) is 0 Å². The van der Waals surface area contributed by atoms with E-state index in [-0.39, 0.29) is 22.7 Å². The van der Waals surface area contributed by atoms with Crippen molar-refractivity contribution in [2.75, 3.05) is 13.1 Å². The Morgan fingerprint density at radius 3 is 2.18 bits per heavy atom. The number of hydrogen-bond donors (Lipinski definition) is 1. The molecule has 4 bridgehead atoms. The second-order valence-electron chi connectivity index (χ2n) is 10.4. The molecule has 2 atom stereocenters. The van der Waals surface area contributed by atoms with Crippen molar-refractivity contribution in [3.8, 4) is 0 Å². The summed E-state index contributed by atoms with van der Waals surface area (Å²) in [4.78, 5) is 27.3.